The molecule has 142 valence electrons. The standard InChI is InChI=1S/C18H24N2O6/c1-12(2)10-19(18(23)24)17(22)20-11-25-16(26-13(3)21)15(20)9-14-7-5-4-6-8-14/h4-8,12,15-16H,9-11H2,1-3H3,(H,23,24). The molecule has 2 rings (SSSR count). The zero-order chi connectivity index (χ0) is 19.3. The van der Waals surface area contributed by atoms with E-state index in [4.69, 9.17) is 9.47 Å². The van der Waals surface area contributed by atoms with Gasteiger partial charge in [0.15, 0.2) is 0 Å². The topological polar surface area (TPSA) is 96.4 Å². The molecule has 0 aliphatic carbocycles. The van der Waals surface area contributed by atoms with Crippen LogP contribution in [-0.2, 0) is 20.7 Å². The van der Waals surface area contributed by atoms with Crippen LogP contribution >= 0.6 is 0 Å². The lowest BCUT2D eigenvalue weighted by Gasteiger charge is -2.29. The predicted octanol–water partition coefficient (Wildman–Crippen LogP) is 2.53. The van der Waals surface area contributed by atoms with Crippen LogP contribution in [0.3, 0.4) is 0 Å². The average molecular weight is 364 g/mol. The SMILES string of the molecule is CC(=O)OC1OCN(C(=O)N(CC(C)C)C(=O)O)C1Cc1ccccc1. The Hall–Kier alpha value is -2.61. The molecular weight excluding hydrogens is 340 g/mol. The molecule has 1 aromatic rings. The monoisotopic (exact) mass is 364 g/mol. The third-order valence-electron chi connectivity index (χ3n) is 3.92. The van der Waals surface area contributed by atoms with Crippen LogP contribution in [0.4, 0.5) is 9.59 Å². The van der Waals surface area contributed by atoms with Gasteiger partial charge in [-0.25, -0.2) is 14.5 Å². The summed E-state index contributed by atoms with van der Waals surface area (Å²) in [4.78, 5) is 37.7. The number of ether oxygens (including phenoxy) is 2. The van der Waals surface area contributed by atoms with Gasteiger partial charge >= 0.3 is 18.1 Å². The number of hydrogen-bond donors (Lipinski definition) is 1. The van der Waals surface area contributed by atoms with Gasteiger partial charge in [-0.15, -0.1) is 0 Å². The largest absolute Gasteiger partial charge is 0.465 e. The first kappa shape index (κ1) is 19.7. The maximum Gasteiger partial charge on any atom is 0.415 e. The molecule has 1 aliphatic rings. The molecule has 0 saturated carbocycles. The Morgan fingerprint density at radius 1 is 1.31 bits per heavy atom. The minimum atomic E-state index is -1.32. The van der Waals surface area contributed by atoms with Crippen molar-refractivity contribution < 1.29 is 29.0 Å². The second kappa shape index (κ2) is 8.66. The minimum absolute atomic E-state index is 0.0181. The Bertz CT molecular complexity index is 648. The molecule has 3 amide bonds. The third kappa shape index (κ3) is 4.95. The number of carboxylic acid groups (broad SMARTS) is 1. The summed E-state index contributed by atoms with van der Waals surface area (Å²) < 4.78 is 10.6. The molecule has 8 nitrogen and oxygen atoms in total. The first-order chi connectivity index (χ1) is 12.3. The van der Waals surface area contributed by atoms with E-state index in [9.17, 15) is 19.5 Å². The highest BCUT2D eigenvalue weighted by Gasteiger charge is 2.43. The maximum absolute atomic E-state index is 12.8. The Morgan fingerprint density at radius 2 is 1.96 bits per heavy atom. The summed E-state index contributed by atoms with van der Waals surface area (Å²) in [6.07, 6.45) is -1.89. The van der Waals surface area contributed by atoms with Gasteiger partial charge in [-0.3, -0.25) is 9.69 Å². The average Bonchev–Trinajstić information content (AvgIpc) is 2.94. The van der Waals surface area contributed by atoms with Crippen molar-refractivity contribution >= 4 is 18.1 Å². The van der Waals surface area contributed by atoms with E-state index in [1.54, 1.807) is 0 Å². The molecule has 1 aliphatic heterocycles. The summed E-state index contributed by atoms with van der Waals surface area (Å²) in [5.41, 5.74) is 0.920. The van der Waals surface area contributed by atoms with E-state index in [0.29, 0.717) is 6.42 Å². The molecule has 0 radical (unpaired) electrons. The lowest BCUT2D eigenvalue weighted by atomic mass is 10.1. The lowest BCUT2D eigenvalue weighted by molar-refractivity contribution is -0.168. The highest BCUT2D eigenvalue weighted by molar-refractivity contribution is 5.90. The third-order valence-corrected chi connectivity index (χ3v) is 3.92. The summed E-state index contributed by atoms with van der Waals surface area (Å²) in [6, 6.07) is 8.07. The smallest absolute Gasteiger partial charge is 0.415 e. The van der Waals surface area contributed by atoms with Gasteiger partial charge in [-0.1, -0.05) is 44.2 Å². The van der Waals surface area contributed by atoms with E-state index in [1.165, 1.54) is 11.8 Å². The summed E-state index contributed by atoms with van der Waals surface area (Å²) >= 11 is 0. The van der Waals surface area contributed by atoms with Gasteiger partial charge in [0.25, 0.3) is 0 Å². The van der Waals surface area contributed by atoms with Gasteiger partial charge in [0.1, 0.15) is 12.8 Å². The molecule has 1 heterocycles. The number of carbonyl (C=O) groups excluding carboxylic acids is 2. The first-order valence-electron chi connectivity index (χ1n) is 8.43. The number of rotatable bonds is 5. The zero-order valence-corrected chi connectivity index (χ0v) is 15.1. The number of carbonyl (C=O) groups is 3. The first-order valence-corrected chi connectivity index (χ1v) is 8.43. The van der Waals surface area contributed by atoms with Crippen molar-refractivity contribution in [1.29, 1.82) is 0 Å². The number of nitrogens with zero attached hydrogens (tertiary/aromatic N) is 2. The molecule has 1 aromatic carbocycles. The summed E-state index contributed by atoms with van der Waals surface area (Å²) in [5, 5.41) is 9.39. The molecule has 0 spiro atoms. The molecule has 2 unspecified atom stereocenters. The van der Waals surface area contributed by atoms with Crippen LogP contribution in [0.15, 0.2) is 30.3 Å². The van der Waals surface area contributed by atoms with Crippen molar-refractivity contribution in [3.05, 3.63) is 35.9 Å². The van der Waals surface area contributed by atoms with Gasteiger partial charge in [-0.2, -0.15) is 0 Å². The number of esters is 1. The van der Waals surface area contributed by atoms with Crippen LogP contribution in [0, 0.1) is 5.92 Å². The molecule has 26 heavy (non-hydrogen) atoms. The van der Waals surface area contributed by atoms with Crippen molar-refractivity contribution in [3.63, 3.8) is 0 Å². The minimum Gasteiger partial charge on any atom is -0.465 e. The number of amides is 3. The molecule has 0 bridgehead atoms. The lowest BCUT2D eigenvalue weighted by Crippen LogP contribution is -2.51. The van der Waals surface area contributed by atoms with Crippen molar-refractivity contribution in [2.45, 2.75) is 39.5 Å². The van der Waals surface area contributed by atoms with E-state index in [2.05, 4.69) is 0 Å². The van der Waals surface area contributed by atoms with Crippen LogP contribution in [0.2, 0.25) is 0 Å². The number of imide groups is 1. The van der Waals surface area contributed by atoms with Gasteiger partial charge in [-0.05, 0) is 17.9 Å². The summed E-state index contributed by atoms with van der Waals surface area (Å²) in [6.45, 7) is 4.84. The van der Waals surface area contributed by atoms with Crippen molar-refractivity contribution in [2.24, 2.45) is 5.92 Å². The quantitative estimate of drug-likeness (QED) is 0.807. The summed E-state index contributed by atoms with van der Waals surface area (Å²) in [5.74, 6) is -0.546. The highest BCUT2D eigenvalue weighted by atomic mass is 16.7. The normalized spacial score (nSPS) is 19.5. The van der Waals surface area contributed by atoms with Gasteiger partial charge in [0, 0.05) is 13.5 Å². The molecule has 1 fully saturated rings. The van der Waals surface area contributed by atoms with Gasteiger partial charge in [0.2, 0.25) is 6.29 Å². The van der Waals surface area contributed by atoms with E-state index in [0.717, 1.165) is 10.5 Å². The second-order valence-corrected chi connectivity index (χ2v) is 6.57. The molecule has 0 aromatic heterocycles. The van der Waals surface area contributed by atoms with Gasteiger partial charge in [0.05, 0.1) is 0 Å². The molecule has 8 heteroatoms. The zero-order valence-electron chi connectivity index (χ0n) is 15.1. The Labute approximate surface area is 152 Å². The van der Waals surface area contributed by atoms with Crippen molar-refractivity contribution in [2.75, 3.05) is 13.3 Å². The van der Waals surface area contributed by atoms with E-state index < -0.39 is 30.4 Å². The van der Waals surface area contributed by atoms with Crippen LogP contribution < -0.4 is 0 Å². The highest BCUT2D eigenvalue weighted by Crippen LogP contribution is 2.24. The molecular formula is C18H24N2O6. The number of benzene rings is 1. The van der Waals surface area contributed by atoms with Crippen LogP contribution in [0.5, 0.6) is 0 Å². The Morgan fingerprint density at radius 3 is 2.50 bits per heavy atom. The fourth-order valence-electron chi connectivity index (χ4n) is 2.80. The number of hydrogen-bond acceptors (Lipinski definition) is 5. The van der Waals surface area contributed by atoms with Crippen LogP contribution in [0.1, 0.15) is 26.3 Å². The van der Waals surface area contributed by atoms with Crippen LogP contribution in [0.25, 0.3) is 0 Å². The Kier molecular flexibility index (Phi) is 6.57. The van der Waals surface area contributed by atoms with E-state index in [-0.39, 0.29) is 19.2 Å². The summed E-state index contributed by atoms with van der Waals surface area (Å²) in [7, 11) is 0. The molecule has 2 atom stereocenters. The fraction of sp³-hybridized carbons (Fsp3) is 0.500. The maximum atomic E-state index is 12.8. The van der Waals surface area contributed by atoms with Crippen molar-refractivity contribution in [1.82, 2.24) is 9.80 Å². The van der Waals surface area contributed by atoms with Crippen molar-refractivity contribution in [3.8, 4) is 0 Å². The van der Waals surface area contributed by atoms with Gasteiger partial charge < -0.3 is 14.6 Å². The molecule has 1 N–H and O–H groups in total. The van der Waals surface area contributed by atoms with E-state index >= 15 is 0 Å². The second-order valence-electron chi connectivity index (χ2n) is 6.57. The Balaban J connectivity index is 2.24. The number of urea groups is 1. The predicted molar refractivity (Wildman–Crippen MR) is 92.2 cm³/mol. The van der Waals surface area contributed by atoms with Crippen LogP contribution in [-0.4, -0.2) is 58.6 Å². The van der Waals surface area contributed by atoms with E-state index in [1.807, 2.05) is 44.2 Å². The molecule has 1 saturated heterocycles. The fourth-order valence-corrected chi connectivity index (χ4v) is 2.80.